The van der Waals surface area contributed by atoms with Crippen LogP contribution in [0.2, 0.25) is 0 Å². The van der Waals surface area contributed by atoms with Crippen molar-refractivity contribution >= 4 is 10.1 Å². The molecule has 0 saturated carbocycles. The fraction of sp³-hybridized carbons (Fsp3) is 1.00. The van der Waals surface area contributed by atoms with E-state index in [1.54, 1.807) is 0 Å². The van der Waals surface area contributed by atoms with Crippen molar-refractivity contribution in [3.63, 3.8) is 0 Å². The largest absolute Gasteiger partial charge is 1.00 e. The Morgan fingerprint density at radius 2 is 1.47 bits per heavy atom. The second-order valence-electron chi connectivity index (χ2n) is 4.31. The topological polar surface area (TPSA) is 77.4 Å². The summed E-state index contributed by atoms with van der Waals surface area (Å²) in [5, 5.41) is 9.88. The average molecular weight is 290 g/mol. The van der Waals surface area contributed by atoms with Crippen molar-refractivity contribution in [2.24, 2.45) is 0 Å². The van der Waals surface area contributed by atoms with E-state index in [9.17, 15) is 18.1 Å². The van der Waals surface area contributed by atoms with Gasteiger partial charge in [-0.05, 0) is 25.7 Å². The molecular weight excluding hydrogens is 267 g/mol. The summed E-state index contributed by atoms with van der Waals surface area (Å²) in [4.78, 5) is -2.04. The quantitative estimate of drug-likeness (QED) is 0.349. The van der Waals surface area contributed by atoms with Crippen LogP contribution >= 0.6 is 0 Å². The molecule has 0 bridgehead atoms. The maximum absolute atomic E-state index is 11.0. The van der Waals surface area contributed by atoms with E-state index in [-0.39, 0.29) is 64.2 Å². The molecule has 4 nitrogen and oxygen atoms in total. The zero-order chi connectivity index (χ0) is 12.7. The smallest absolute Gasteiger partial charge is 0.746 e. The third-order valence-corrected chi connectivity index (χ3v) is 4.15. The molecule has 98 valence electrons. The molecule has 0 aliphatic rings. The van der Waals surface area contributed by atoms with Crippen molar-refractivity contribution in [3.05, 3.63) is 0 Å². The Labute approximate surface area is 148 Å². The Balaban J connectivity index is 0. The van der Waals surface area contributed by atoms with E-state index in [0.29, 0.717) is 12.8 Å². The molecule has 1 N–H and O–H groups in total. The first-order valence-corrected chi connectivity index (χ1v) is 7.46. The molecule has 17 heavy (non-hydrogen) atoms. The summed E-state index contributed by atoms with van der Waals surface area (Å²) in [6, 6.07) is 0. The van der Waals surface area contributed by atoms with Gasteiger partial charge < -0.3 is 9.66 Å². The third-order valence-electron chi connectivity index (χ3n) is 2.81. The van der Waals surface area contributed by atoms with Crippen LogP contribution in [0.25, 0.3) is 0 Å². The van der Waals surface area contributed by atoms with Gasteiger partial charge in [0.25, 0.3) is 0 Å². The van der Waals surface area contributed by atoms with Crippen LogP contribution < -0.4 is 51.4 Å². The van der Waals surface area contributed by atoms with Crippen molar-refractivity contribution in [1.29, 1.82) is 0 Å². The second kappa shape index (κ2) is 10.3. The van der Waals surface area contributed by atoms with Crippen LogP contribution in [-0.2, 0) is 10.1 Å². The van der Waals surface area contributed by atoms with E-state index >= 15 is 0 Å². The molecule has 0 saturated heterocycles. The van der Waals surface area contributed by atoms with Crippen LogP contribution in [-0.4, -0.2) is 23.0 Å². The maximum atomic E-state index is 11.0. The van der Waals surface area contributed by atoms with Gasteiger partial charge in [-0.25, -0.2) is 8.42 Å². The molecule has 0 heterocycles. The van der Waals surface area contributed by atoms with Crippen molar-refractivity contribution in [2.45, 2.75) is 70.1 Å². The molecule has 0 fully saturated rings. The Bertz CT molecular complexity index is 279. The molecule has 1 atom stereocenters. The van der Waals surface area contributed by atoms with Gasteiger partial charge in [0.15, 0.2) is 4.93 Å². The first-order chi connectivity index (χ1) is 7.37. The third kappa shape index (κ3) is 8.31. The van der Waals surface area contributed by atoms with Gasteiger partial charge in [0, 0.05) is 0 Å². The summed E-state index contributed by atoms with van der Waals surface area (Å²) in [5.74, 6) is 0. The van der Waals surface area contributed by atoms with Crippen molar-refractivity contribution < 1.29 is 69.5 Å². The van der Waals surface area contributed by atoms with Gasteiger partial charge in [-0.2, -0.15) is 0 Å². The summed E-state index contributed by atoms with van der Waals surface area (Å²) in [6.07, 6.45) is 4.95. The van der Waals surface area contributed by atoms with Gasteiger partial charge >= 0.3 is 51.4 Å². The van der Waals surface area contributed by atoms with Gasteiger partial charge in [0.1, 0.15) is 10.1 Å². The predicted octanol–water partition coefficient (Wildman–Crippen LogP) is -0.615. The van der Waals surface area contributed by atoms with Gasteiger partial charge in [0.2, 0.25) is 0 Å². The number of hydrogen-bond acceptors (Lipinski definition) is 4. The molecule has 1 unspecified atom stereocenters. The molecule has 6 heteroatoms. The Hall–Kier alpha value is 1.51. The summed E-state index contributed by atoms with van der Waals surface area (Å²) in [7, 11) is -4.62. The molecule has 0 aromatic carbocycles. The van der Waals surface area contributed by atoms with E-state index < -0.39 is 15.1 Å². The zero-order valence-corrected chi connectivity index (χ0v) is 15.2. The summed E-state index contributed by atoms with van der Waals surface area (Å²) < 4.78 is 33.1. The van der Waals surface area contributed by atoms with Gasteiger partial charge in [0.05, 0.1) is 0 Å². The van der Waals surface area contributed by atoms with Crippen LogP contribution in [0.4, 0.5) is 0 Å². The molecule has 0 aromatic heterocycles. The van der Waals surface area contributed by atoms with E-state index in [4.69, 9.17) is 0 Å². The summed E-state index contributed by atoms with van der Waals surface area (Å²) >= 11 is 0. The second-order valence-corrected chi connectivity index (χ2v) is 5.98. The fourth-order valence-electron chi connectivity index (χ4n) is 1.66. The van der Waals surface area contributed by atoms with Crippen molar-refractivity contribution in [1.82, 2.24) is 0 Å². The van der Waals surface area contributed by atoms with Crippen LogP contribution in [0.3, 0.4) is 0 Å². The number of rotatable bonds is 9. The minimum atomic E-state index is -4.62. The SMILES string of the molecule is CCCCCCC(O)(CCCC)S(=O)(=O)[O-].[K+]. The maximum Gasteiger partial charge on any atom is 1.00 e. The van der Waals surface area contributed by atoms with Gasteiger partial charge in [-0.1, -0.05) is 39.5 Å². The minimum absolute atomic E-state index is 0. The Kier molecular flexibility index (Phi) is 12.6. The summed E-state index contributed by atoms with van der Waals surface area (Å²) in [6.45, 7) is 3.95. The van der Waals surface area contributed by atoms with E-state index in [0.717, 1.165) is 25.7 Å². The molecule has 0 aliphatic heterocycles. The van der Waals surface area contributed by atoms with E-state index in [1.807, 2.05) is 13.8 Å². The van der Waals surface area contributed by atoms with Crippen LogP contribution in [0, 0.1) is 0 Å². The Morgan fingerprint density at radius 3 is 1.88 bits per heavy atom. The van der Waals surface area contributed by atoms with Crippen LogP contribution in [0.5, 0.6) is 0 Å². The fourth-order valence-corrected chi connectivity index (χ4v) is 2.44. The van der Waals surface area contributed by atoms with Gasteiger partial charge in [-0.3, -0.25) is 0 Å². The molecule has 0 rings (SSSR count). The Morgan fingerprint density at radius 1 is 1.00 bits per heavy atom. The number of hydrogen-bond donors (Lipinski definition) is 1. The normalized spacial score (nSPS) is 15.1. The molecule has 0 amide bonds. The van der Waals surface area contributed by atoms with Crippen LogP contribution in [0.15, 0.2) is 0 Å². The predicted molar refractivity (Wildman–Crippen MR) is 62.9 cm³/mol. The standard InChI is InChI=1S/C11H24O4S.K/c1-3-5-7-8-10-11(12,9-6-4-2)16(13,14)15;/h12H,3-10H2,1-2H3,(H,13,14,15);/q;+1/p-1. The molecule has 0 spiro atoms. The summed E-state index contributed by atoms with van der Waals surface area (Å²) in [5.41, 5.74) is 0. The van der Waals surface area contributed by atoms with E-state index in [1.165, 1.54) is 0 Å². The minimum Gasteiger partial charge on any atom is -0.746 e. The molecule has 0 aromatic rings. The molecule has 0 aliphatic carbocycles. The van der Waals surface area contributed by atoms with Crippen molar-refractivity contribution in [2.75, 3.05) is 0 Å². The number of aliphatic hydroxyl groups is 1. The zero-order valence-electron chi connectivity index (χ0n) is 11.2. The van der Waals surface area contributed by atoms with Crippen LogP contribution in [0.1, 0.15) is 65.2 Å². The first kappa shape index (κ1) is 20.8. The van der Waals surface area contributed by atoms with Crippen molar-refractivity contribution in [3.8, 4) is 0 Å². The number of unbranched alkanes of at least 4 members (excludes halogenated alkanes) is 4. The monoisotopic (exact) mass is 290 g/mol. The first-order valence-electron chi connectivity index (χ1n) is 6.05. The van der Waals surface area contributed by atoms with E-state index in [2.05, 4.69) is 0 Å². The molecular formula is C11H23KO4S. The van der Waals surface area contributed by atoms with Gasteiger partial charge in [-0.15, -0.1) is 0 Å². The molecule has 0 radical (unpaired) electrons. The average Bonchev–Trinajstić information content (AvgIpc) is 2.20.